The van der Waals surface area contributed by atoms with Gasteiger partial charge < -0.3 is 9.84 Å². The van der Waals surface area contributed by atoms with E-state index in [0.717, 1.165) is 0 Å². The van der Waals surface area contributed by atoms with Gasteiger partial charge in [0.2, 0.25) is 10.0 Å². The SMILES string of the molecule is CCOc1ccc(S(=O)(=O)N(C)C(C)(C)CO)cc1. The van der Waals surface area contributed by atoms with Crippen molar-refractivity contribution in [3.05, 3.63) is 24.3 Å². The Morgan fingerprint density at radius 3 is 2.21 bits per heavy atom. The Kier molecular flexibility index (Phi) is 4.95. The first-order valence-corrected chi connectivity index (χ1v) is 7.52. The maximum atomic E-state index is 12.4. The number of aliphatic hydroxyl groups excluding tert-OH is 1. The highest BCUT2D eigenvalue weighted by molar-refractivity contribution is 7.89. The van der Waals surface area contributed by atoms with Crippen molar-refractivity contribution >= 4 is 10.0 Å². The van der Waals surface area contributed by atoms with Gasteiger partial charge in [0.1, 0.15) is 5.75 Å². The third kappa shape index (κ3) is 3.46. The summed E-state index contributed by atoms with van der Waals surface area (Å²) >= 11 is 0. The van der Waals surface area contributed by atoms with Gasteiger partial charge in [0.25, 0.3) is 0 Å². The van der Waals surface area contributed by atoms with Crippen molar-refractivity contribution < 1.29 is 18.3 Å². The second-order valence-corrected chi connectivity index (χ2v) is 6.82. The second kappa shape index (κ2) is 5.90. The van der Waals surface area contributed by atoms with Gasteiger partial charge >= 0.3 is 0 Å². The molecule has 0 spiro atoms. The van der Waals surface area contributed by atoms with Crippen LogP contribution in [0.5, 0.6) is 5.75 Å². The first-order valence-electron chi connectivity index (χ1n) is 6.08. The van der Waals surface area contributed by atoms with E-state index in [4.69, 9.17) is 4.74 Å². The summed E-state index contributed by atoms with van der Waals surface area (Å²) in [4.78, 5) is 0.181. The van der Waals surface area contributed by atoms with Crippen LogP contribution in [0.4, 0.5) is 0 Å². The van der Waals surface area contributed by atoms with Crippen LogP contribution < -0.4 is 4.74 Å². The molecule has 1 aromatic rings. The van der Waals surface area contributed by atoms with Crippen molar-refractivity contribution in [3.63, 3.8) is 0 Å². The summed E-state index contributed by atoms with van der Waals surface area (Å²) in [7, 11) is -2.16. The molecule has 6 heteroatoms. The number of hydrogen-bond acceptors (Lipinski definition) is 4. The van der Waals surface area contributed by atoms with Crippen LogP contribution in [-0.4, -0.2) is 43.6 Å². The van der Waals surface area contributed by atoms with E-state index in [1.165, 1.54) is 23.5 Å². The Hall–Kier alpha value is -1.11. The Bertz CT molecular complexity index is 508. The number of benzene rings is 1. The fourth-order valence-electron chi connectivity index (χ4n) is 1.46. The summed E-state index contributed by atoms with van der Waals surface area (Å²) in [6.07, 6.45) is 0. The van der Waals surface area contributed by atoms with Crippen molar-refractivity contribution in [2.75, 3.05) is 20.3 Å². The zero-order chi connectivity index (χ0) is 14.7. The van der Waals surface area contributed by atoms with Gasteiger partial charge in [0.05, 0.1) is 23.6 Å². The molecule has 0 heterocycles. The lowest BCUT2D eigenvalue weighted by atomic mass is 10.1. The highest BCUT2D eigenvalue weighted by atomic mass is 32.2. The van der Waals surface area contributed by atoms with Gasteiger partial charge in [-0.1, -0.05) is 0 Å². The second-order valence-electron chi connectivity index (χ2n) is 4.85. The minimum absolute atomic E-state index is 0.181. The third-order valence-corrected chi connectivity index (χ3v) is 5.12. The van der Waals surface area contributed by atoms with E-state index in [-0.39, 0.29) is 11.5 Å². The number of aliphatic hydroxyl groups is 1. The summed E-state index contributed by atoms with van der Waals surface area (Å²) in [5.74, 6) is 0.630. The number of sulfonamides is 1. The summed E-state index contributed by atoms with van der Waals surface area (Å²) < 4.78 is 31.2. The molecule has 19 heavy (non-hydrogen) atoms. The lowest BCUT2D eigenvalue weighted by molar-refractivity contribution is 0.138. The molecule has 108 valence electrons. The molecule has 0 aliphatic rings. The molecule has 0 aromatic heterocycles. The molecule has 1 N–H and O–H groups in total. The van der Waals surface area contributed by atoms with Crippen LogP contribution in [0.15, 0.2) is 29.2 Å². The fraction of sp³-hybridized carbons (Fsp3) is 0.538. The highest BCUT2D eigenvalue weighted by Crippen LogP contribution is 2.24. The molecule has 0 atom stereocenters. The number of ether oxygens (including phenoxy) is 1. The topological polar surface area (TPSA) is 66.8 Å². The summed E-state index contributed by atoms with van der Waals surface area (Å²) in [6, 6.07) is 6.25. The summed E-state index contributed by atoms with van der Waals surface area (Å²) in [6.45, 7) is 5.48. The number of likely N-dealkylation sites (N-methyl/N-ethyl adjacent to an activating group) is 1. The smallest absolute Gasteiger partial charge is 0.243 e. The first-order chi connectivity index (χ1) is 8.75. The van der Waals surface area contributed by atoms with Gasteiger partial charge in [0, 0.05) is 7.05 Å². The van der Waals surface area contributed by atoms with E-state index in [9.17, 15) is 13.5 Å². The van der Waals surface area contributed by atoms with Crippen molar-refractivity contribution in [1.82, 2.24) is 4.31 Å². The highest BCUT2D eigenvalue weighted by Gasteiger charge is 2.33. The zero-order valence-corrected chi connectivity index (χ0v) is 12.6. The predicted octanol–water partition coefficient (Wildman–Crippen LogP) is 1.48. The minimum atomic E-state index is -3.62. The average Bonchev–Trinajstić information content (AvgIpc) is 2.39. The Morgan fingerprint density at radius 1 is 1.26 bits per heavy atom. The Balaban J connectivity index is 3.07. The van der Waals surface area contributed by atoms with Gasteiger partial charge in [-0.15, -0.1) is 0 Å². The molecule has 0 fully saturated rings. The maximum absolute atomic E-state index is 12.4. The third-order valence-electron chi connectivity index (χ3n) is 3.03. The molecule has 0 radical (unpaired) electrons. The van der Waals surface area contributed by atoms with Crippen molar-refractivity contribution in [3.8, 4) is 5.75 Å². The molecule has 1 rings (SSSR count). The standard InChI is InChI=1S/C13H21NO4S/c1-5-18-11-6-8-12(9-7-11)19(16,17)14(4)13(2,3)10-15/h6-9,15H,5,10H2,1-4H3. The first kappa shape index (κ1) is 15.9. The fourth-order valence-corrected chi connectivity index (χ4v) is 2.96. The van der Waals surface area contributed by atoms with E-state index in [2.05, 4.69) is 0 Å². The van der Waals surface area contributed by atoms with Crippen LogP contribution in [0.2, 0.25) is 0 Å². The molecule has 0 unspecified atom stereocenters. The largest absolute Gasteiger partial charge is 0.494 e. The van der Waals surface area contributed by atoms with Crippen LogP contribution >= 0.6 is 0 Å². The van der Waals surface area contributed by atoms with E-state index < -0.39 is 15.6 Å². The van der Waals surface area contributed by atoms with Crippen molar-refractivity contribution in [2.45, 2.75) is 31.2 Å². The average molecular weight is 287 g/mol. The zero-order valence-electron chi connectivity index (χ0n) is 11.8. The van der Waals surface area contributed by atoms with Crippen LogP contribution in [0.3, 0.4) is 0 Å². The lowest BCUT2D eigenvalue weighted by Crippen LogP contribution is -2.47. The van der Waals surface area contributed by atoms with Crippen LogP contribution in [-0.2, 0) is 10.0 Å². The molecule has 0 aliphatic carbocycles. The molecule has 0 aliphatic heterocycles. The molecule has 0 saturated carbocycles. The Labute approximate surface area is 114 Å². The molecular formula is C13H21NO4S. The monoisotopic (exact) mass is 287 g/mol. The van der Waals surface area contributed by atoms with E-state index in [0.29, 0.717) is 12.4 Å². The number of hydrogen-bond donors (Lipinski definition) is 1. The van der Waals surface area contributed by atoms with Gasteiger partial charge in [0.15, 0.2) is 0 Å². The van der Waals surface area contributed by atoms with E-state index in [1.54, 1.807) is 26.0 Å². The van der Waals surface area contributed by atoms with Gasteiger partial charge in [-0.3, -0.25) is 0 Å². The normalized spacial score (nSPS) is 12.7. The maximum Gasteiger partial charge on any atom is 0.243 e. The molecule has 0 saturated heterocycles. The molecule has 0 bridgehead atoms. The summed E-state index contributed by atoms with van der Waals surface area (Å²) in [5, 5.41) is 9.26. The van der Waals surface area contributed by atoms with Crippen molar-refractivity contribution in [2.24, 2.45) is 0 Å². The van der Waals surface area contributed by atoms with Crippen LogP contribution in [0, 0.1) is 0 Å². The number of rotatable bonds is 6. The molecule has 0 amide bonds. The van der Waals surface area contributed by atoms with Gasteiger partial charge in [-0.2, -0.15) is 4.31 Å². The quantitative estimate of drug-likeness (QED) is 0.860. The van der Waals surface area contributed by atoms with Gasteiger partial charge in [-0.25, -0.2) is 8.42 Å². The van der Waals surface area contributed by atoms with E-state index in [1.807, 2.05) is 6.92 Å². The lowest BCUT2D eigenvalue weighted by Gasteiger charge is -2.32. The minimum Gasteiger partial charge on any atom is -0.494 e. The van der Waals surface area contributed by atoms with Crippen LogP contribution in [0.1, 0.15) is 20.8 Å². The van der Waals surface area contributed by atoms with E-state index >= 15 is 0 Å². The molecular weight excluding hydrogens is 266 g/mol. The number of nitrogens with zero attached hydrogens (tertiary/aromatic N) is 1. The molecule has 5 nitrogen and oxygen atoms in total. The van der Waals surface area contributed by atoms with Gasteiger partial charge in [-0.05, 0) is 45.0 Å². The Morgan fingerprint density at radius 2 is 1.79 bits per heavy atom. The summed E-state index contributed by atoms with van der Waals surface area (Å²) in [5.41, 5.74) is -0.850. The predicted molar refractivity (Wildman–Crippen MR) is 73.7 cm³/mol. The van der Waals surface area contributed by atoms with Crippen molar-refractivity contribution in [1.29, 1.82) is 0 Å². The van der Waals surface area contributed by atoms with Crippen LogP contribution in [0.25, 0.3) is 0 Å². The molecule has 1 aromatic carbocycles.